The summed E-state index contributed by atoms with van der Waals surface area (Å²) in [5, 5.41) is 9.17. The van der Waals surface area contributed by atoms with Crippen molar-refractivity contribution in [2.24, 2.45) is 0 Å². The van der Waals surface area contributed by atoms with Crippen molar-refractivity contribution in [1.82, 2.24) is 4.98 Å². The number of halogens is 1. The highest BCUT2D eigenvalue weighted by Crippen LogP contribution is 2.24. The first-order valence-corrected chi connectivity index (χ1v) is 6.87. The fraction of sp³-hybridized carbons (Fsp3) is 0.455. The van der Waals surface area contributed by atoms with Crippen LogP contribution in [0.25, 0.3) is 0 Å². The molecule has 1 fully saturated rings. The van der Waals surface area contributed by atoms with E-state index in [1.807, 2.05) is 11.8 Å². The van der Waals surface area contributed by atoms with E-state index in [9.17, 15) is 4.79 Å². The van der Waals surface area contributed by atoms with E-state index in [0.29, 0.717) is 11.9 Å². The molecule has 1 aliphatic heterocycles. The van der Waals surface area contributed by atoms with E-state index in [1.165, 1.54) is 0 Å². The summed E-state index contributed by atoms with van der Waals surface area (Å²) in [4.78, 5) is 17.2. The van der Waals surface area contributed by atoms with E-state index in [1.54, 1.807) is 12.1 Å². The number of nitrogens with zero attached hydrogens (tertiary/aromatic N) is 2. The average molecular weight is 273 g/mol. The van der Waals surface area contributed by atoms with Gasteiger partial charge < -0.3 is 10.0 Å². The van der Waals surface area contributed by atoms with Gasteiger partial charge in [0, 0.05) is 24.1 Å². The standard InChI is InChI=1S/C11H13ClN2O2S/c1-7-6-17-5-4-14(7)9-3-2-8(12)10(13-9)11(15)16/h2-3,7H,4-6H2,1H3,(H,15,16). The molecule has 0 aliphatic carbocycles. The van der Waals surface area contributed by atoms with Gasteiger partial charge in [0.15, 0.2) is 5.69 Å². The Kier molecular flexibility index (Phi) is 3.79. The molecule has 0 radical (unpaired) electrons. The third-order valence-electron chi connectivity index (χ3n) is 2.70. The van der Waals surface area contributed by atoms with Crippen LogP contribution < -0.4 is 4.90 Å². The second-order valence-electron chi connectivity index (χ2n) is 3.92. The maximum absolute atomic E-state index is 11.0. The van der Waals surface area contributed by atoms with Crippen molar-refractivity contribution < 1.29 is 9.90 Å². The van der Waals surface area contributed by atoms with Crippen LogP contribution in [0.4, 0.5) is 5.82 Å². The van der Waals surface area contributed by atoms with Crippen molar-refractivity contribution in [1.29, 1.82) is 0 Å². The summed E-state index contributed by atoms with van der Waals surface area (Å²) in [6.45, 7) is 3.00. The minimum atomic E-state index is -1.09. The van der Waals surface area contributed by atoms with E-state index in [4.69, 9.17) is 16.7 Å². The summed E-state index contributed by atoms with van der Waals surface area (Å²) < 4.78 is 0. The molecule has 1 unspecified atom stereocenters. The molecule has 0 aromatic carbocycles. The average Bonchev–Trinajstić information content (AvgIpc) is 2.30. The number of pyridine rings is 1. The second kappa shape index (κ2) is 5.14. The minimum absolute atomic E-state index is 0.0745. The number of thioether (sulfide) groups is 1. The third kappa shape index (κ3) is 2.66. The van der Waals surface area contributed by atoms with Gasteiger partial charge in [-0.3, -0.25) is 0 Å². The van der Waals surface area contributed by atoms with E-state index in [-0.39, 0.29) is 10.7 Å². The van der Waals surface area contributed by atoms with Gasteiger partial charge in [0.05, 0.1) is 5.02 Å². The number of hydrogen-bond donors (Lipinski definition) is 1. The van der Waals surface area contributed by atoms with E-state index < -0.39 is 5.97 Å². The first-order valence-electron chi connectivity index (χ1n) is 5.34. The first-order chi connectivity index (χ1) is 8.09. The van der Waals surface area contributed by atoms with Crippen LogP contribution in [0, 0.1) is 0 Å². The maximum Gasteiger partial charge on any atom is 0.356 e. The fourth-order valence-corrected chi connectivity index (χ4v) is 3.01. The maximum atomic E-state index is 11.0. The molecule has 1 atom stereocenters. The lowest BCUT2D eigenvalue weighted by atomic mass is 10.2. The molecular formula is C11H13ClN2O2S. The molecule has 1 aliphatic rings. The number of hydrogen-bond acceptors (Lipinski definition) is 4. The molecule has 1 aromatic rings. The quantitative estimate of drug-likeness (QED) is 0.896. The van der Waals surface area contributed by atoms with Crippen LogP contribution >= 0.6 is 23.4 Å². The molecule has 4 nitrogen and oxygen atoms in total. The molecule has 17 heavy (non-hydrogen) atoms. The van der Waals surface area contributed by atoms with Crippen LogP contribution in [-0.2, 0) is 0 Å². The number of carboxylic acids is 1. The smallest absolute Gasteiger partial charge is 0.356 e. The van der Waals surface area contributed by atoms with Crippen LogP contribution in [0.3, 0.4) is 0 Å². The molecule has 2 rings (SSSR count). The number of aromatic carboxylic acids is 1. The number of rotatable bonds is 2. The highest BCUT2D eigenvalue weighted by molar-refractivity contribution is 7.99. The lowest BCUT2D eigenvalue weighted by Gasteiger charge is -2.34. The summed E-state index contributed by atoms with van der Waals surface area (Å²) in [5.41, 5.74) is -0.0745. The lowest BCUT2D eigenvalue weighted by molar-refractivity contribution is 0.0691. The van der Waals surface area contributed by atoms with Crippen molar-refractivity contribution in [3.8, 4) is 0 Å². The molecule has 1 N–H and O–H groups in total. The Hall–Kier alpha value is -0.940. The molecule has 0 amide bonds. The van der Waals surface area contributed by atoms with Crippen LogP contribution in [0.2, 0.25) is 5.02 Å². The summed E-state index contributed by atoms with van der Waals surface area (Å²) in [6, 6.07) is 3.74. The van der Waals surface area contributed by atoms with Crippen molar-refractivity contribution >= 4 is 35.1 Å². The lowest BCUT2D eigenvalue weighted by Crippen LogP contribution is -2.41. The van der Waals surface area contributed by atoms with E-state index >= 15 is 0 Å². The molecule has 1 saturated heterocycles. The summed E-state index contributed by atoms with van der Waals surface area (Å²) in [6.07, 6.45) is 0. The number of aromatic nitrogens is 1. The molecule has 0 bridgehead atoms. The monoisotopic (exact) mass is 272 g/mol. The summed E-state index contributed by atoms with van der Waals surface area (Å²) >= 11 is 7.70. The zero-order valence-electron chi connectivity index (χ0n) is 9.39. The van der Waals surface area contributed by atoms with Gasteiger partial charge in [-0.2, -0.15) is 11.8 Å². The van der Waals surface area contributed by atoms with Crippen molar-refractivity contribution in [3.05, 3.63) is 22.8 Å². The highest BCUT2D eigenvalue weighted by atomic mass is 35.5. The van der Waals surface area contributed by atoms with Gasteiger partial charge in [-0.1, -0.05) is 11.6 Å². The number of carboxylic acid groups (broad SMARTS) is 1. The fourth-order valence-electron chi connectivity index (χ4n) is 1.81. The van der Waals surface area contributed by atoms with Gasteiger partial charge in [-0.15, -0.1) is 0 Å². The topological polar surface area (TPSA) is 53.4 Å². The molecule has 2 heterocycles. The summed E-state index contributed by atoms with van der Waals surface area (Å²) in [5.74, 6) is 1.68. The predicted octanol–water partition coefficient (Wildman–Crippen LogP) is 2.37. The van der Waals surface area contributed by atoms with Crippen molar-refractivity contribution in [3.63, 3.8) is 0 Å². The van der Waals surface area contributed by atoms with Gasteiger partial charge in [0.2, 0.25) is 0 Å². The normalized spacial score (nSPS) is 20.4. The second-order valence-corrected chi connectivity index (χ2v) is 5.48. The van der Waals surface area contributed by atoms with Crippen LogP contribution in [0.1, 0.15) is 17.4 Å². The predicted molar refractivity (Wildman–Crippen MR) is 70.3 cm³/mol. The van der Waals surface area contributed by atoms with Gasteiger partial charge in [-0.25, -0.2) is 9.78 Å². The Balaban J connectivity index is 2.32. The molecule has 92 valence electrons. The zero-order chi connectivity index (χ0) is 12.4. The Morgan fingerprint density at radius 3 is 3.06 bits per heavy atom. The molecule has 0 saturated carbocycles. The Bertz CT molecular complexity index is 441. The summed E-state index contributed by atoms with van der Waals surface area (Å²) in [7, 11) is 0. The van der Waals surface area contributed by atoms with E-state index in [0.717, 1.165) is 18.1 Å². The van der Waals surface area contributed by atoms with E-state index in [2.05, 4.69) is 16.8 Å². The largest absolute Gasteiger partial charge is 0.476 e. The van der Waals surface area contributed by atoms with Gasteiger partial charge >= 0.3 is 5.97 Å². The highest BCUT2D eigenvalue weighted by Gasteiger charge is 2.21. The first kappa shape index (κ1) is 12.5. The van der Waals surface area contributed by atoms with Crippen LogP contribution in [0.5, 0.6) is 0 Å². The van der Waals surface area contributed by atoms with Crippen molar-refractivity contribution in [2.45, 2.75) is 13.0 Å². The Morgan fingerprint density at radius 1 is 1.65 bits per heavy atom. The molecule has 6 heteroatoms. The SMILES string of the molecule is CC1CSCCN1c1ccc(Cl)c(C(=O)O)n1. The molecule has 1 aromatic heterocycles. The van der Waals surface area contributed by atoms with Gasteiger partial charge in [-0.05, 0) is 19.1 Å². The number of carbonyl (C=O) groups is 1. The van der Waals surface area contributed by atoms with Crippen molar-refractivity contribution in [2.75, 3.05) is 23.0 Å². The van der Waals surface area contributed by atoms with Gasteiger partial charge in [0.1, 0.15) is 5.82 Å². The Labute approximate surface area is 109 Å². The molecular weight excluding hydrogens is 260 g/mol. The minimum Gasteiger partial charge on any atom is -0.476 e. The number of anilines is 1. The van der Waals surface area contributed by atoms with Crippen LogP contribution in [-0.4, -0.2) is 40.2 Å². The van der Waals surface area contributed by atoms with Gasteiger partial charge in [0.25, 0.3) is 0 Å². The van der Waals surface area contributed by atoms with Crippen LogP contribution in [0.15, 0.2) is 12.1 Å². The zero-order valence-corrected chi connectivity index (χ0v) is 11.0. The third-order valence-corrected chi connectivity index (χ3v) is 4.19. The molecule has 0 spiro atoms. The Morgan fingerprint density at radius 2 is 2.41 bits per heavy atom.